The third-order valence-electron chi connectivity index (χ3n) is 4.82. The first-order chi connectivity index (χ1) is 13.2. The minimum atomic E-state index is 0.436. The number of nitrogens with zero attached hydrogens (tertiary/aromatic N) is 3. The zero-order chi connectivity index (χ0) is 18.4. The summed E-state index contributed by atoms with van der Waals surface area (Å²) in [5.74, 6) is 1.81. The molecule has 4 aromatic rings. The lowest BCUT2D eigenvalue weighted by Crippen LogP contribution is -2.04. The van der Waals surface area contributed by atoms with Gasteiger partial charge in [-0.15, -0.1) is 0 Å². The second-order valence-electron chi connectivity index (χ2n) is 6.38. The maximum absolute atomic E-state index is 5.94. The van der Waals surface area contributed by atoms with Crippen molar-refractivity contribution in [3.63, 3.8) is 0 Å². The normalized spacial score (nSPS) is 12.5. The van der Waals surface area contributed by atoms with Crippen LogP contribution in [-0.4, -0.2) is 27.4 Å². The third kappa shape index (κ3) is 2.69. The molecule has 0 amide bonds. The van der Waals surface area contributed by atoms with E-state index >= 15 is 0 Å². The van der Waals surface area contributed by atoms with Gasteiger partial charge in [-0.25, -0.2) is 0 Å². The van der Waals surface area contributed by atoms with Gasteiger partial charge in [0.15, 0.2) is 0 Å². The van der Waals surface area contributed by atoms with Gasteiger partial charge in [-0.2, -0.15) is 10.1 Å². The van der Waals surface area contributed by atoms with Crippen LogP contribution in [0.2, 0.25) is 5.02 Å². The first kappa shape index (κ1) is 16.1. The van der Waals surface area contributed by atoms with Crippen LogP contribution in [-0.2, 0) is 12.8 Å². The Morgan fingerprint density at radius 1 is 1.11 bits per heavy atom. The van der Waals surface area contributed by atoms with Gasteiger partial charge >= 0.3 is 0 Å². The predicted octanol–water partition coefficient (Wildman–Crippen LogP) is 4.55. The Balaban J connectivity index is 1.53. The fraction of sp³-hybridized carbons (Fsp3) is 0.150. The first-order valence-electron chi connectivity index (χ1n) is 8.57. The molecule has 1 aliphatic carbocycles. The van der Waals surface area contributed by atoms with Gasteiger partial charge in [0, 0.05) is 21.7 Å². The molecule has 2 aromatic heterocycles. The van der Waals surface area contributed by atoms with Crippen LogP contribution in [0.1, 0.15) is 11.1 Å². The lowest BCUT2D eigenvalue weighted by Gasteiger charge is -2.16. The van der Waals surface area contributed by atoms with Crippen molar-refractivity contribution in [2.75, 3.05) is 7.11 Å². The fourth-order valence-corrected chi connectivity index (χ4v) is 3.57. The Morgan fingerprint density at radius 3 is 2.78 bits per heavy atom. The zero-order valence-electron chi connectivity index (χ0n) is 14.5. The molecule has 5 rings (SSSR count). The summed E-state index contributed by atoms with van der Waals surface area (Å²) in [6, 6.07) is 13.4. The van der Waals surface area contributed by atoms with Gasteiger partial charge < -0.3 is 9.26 Å². The Hall–Kier alpha value is -3.12. The Kier molecular flexibility index (Phi) is 3.72. The molecule has 0 atom stereocenters. The van der Waals surface area contributed by atoms with Gasteiger partial charge in [0.2, 0.25) is 5.82 Å². The summed E-state index contributed by atoms with van der Waals surface area (Å²) in [6.45, 7) is 0. The number of aromatic nitrogens is 4. The van der Waals surface area contributed by atoms with E-state index in [4.69, 9.17) is 20.9 Å². The van der Waals surface area contributed by atoms with Crippen molar-refractivity contribution < 1.29 is 9.26 Å². The molecule has 2 heterocycles. The molecule has 0 bridgehead atoms. The minimum absolute atomic E-state index is 0.436. The number of aromatic amines is 1. The number of benzene rings is 2. The molecule has 0 radical (unpaired) electrons. The van der Waals surface area contributed by atoms with Gasteiger partial charge in [0.25, 0.3) is 5.89 Å². The van der Waals surface area contributed by atoms with Gasteiger partial charge in [0.05, 0.1) is 12.8 Å². The van der Waals surface area contributed by atoms with Crippen LogP contribution < -0.4 is 4.74 Å². The Bertz CT molecular complexity index is 1130. The average Bonchev–Trinajstić information content (AvgIpc) is 3.35. The average molecular weight is 379 g/mol. The molecule has 6 nitrogen and oxygen atoms in total. The van der Waals surface area contributed by atoms with Crippen molar-refractivity contribution in [1.29, 1.82) is 0 Å². The van der Waals surface area contributed by atoms with Crippen LogP contribution in [0.15, 0.2) is 47.0 Å². The van der Waals surface area contributed by atoms with Crippen LogP contribution in [0, 0.1) is 0 Å². The number of hydrogen-bond acceptors (Lipinski definition) is 5. The number of hydrogen-bond donors (Lipinski definition) is 1. The topological polar surface area (TPSA) is 76.8 Å². The molecule has 27 heavy (non-hydrogen) atoms. The van der Waals surface area contributed by atoms with E-state index in [0.717, 1.165) is 46.7 Å². The Morgan fingerprint density at radius 2 is 1.96 bits per heavy atom. The molecular formula is C20H15ClN4O2. The molecule has 0 saturated carbocycles. The highest BCUT2D eigenvalue weighted by Gasteiger charge is 2.26. The predicted molar refractivity (Wildman–Crippen MR) is 102 cm³/mol. The third-order valence-corrected chi connectivity index (χ3v) is 5.07. The number of nitrogens with one attached hydrogen (secondary N) is 1. The van der Waals surface area contributed by atoms with Crippen molar-refractivity contribution in [3.05, 3.63) is 58.6 Å². The number of halogens is 1. The summed E-state index contributed by atoms with van der Waals surface area (Å²) >= 11 is 5.94. The van der Waals surface area contributed by atoms with E-state index in [2.05, 4.69) is 26.4 Å². The minimum Gasteiger partial charge on any atom is -0.497 e. The van der Waals surface area contributed by atoms with Gasteiger partial charge in [-0.1, -0.05) is 16.8 Å². The molecule has 1 aliphatic rings. The maximum atomic E-state index is 5.94. The monoisotopic (exact) mass is 378 g/mol. The molecular weight excluding hydrogens is 364 g/mol. The van der Waals surface area contributed by atoms with Crippen molar-refractivity contribution in [1.82, 2.24) is 20.3 Å². The lowest BCUT2D eigenvalue weighted by atomic mass is 9.89. The number of methoxy groups -OCH3 is 1. The van der Waals surface area contributed by atoms with E-state index < -0.39 is 0 Å². The number of aryl methyl sites for hydroxylation is 1. The van der Waals surface area contributed by atoms with Gasteiger partial charge in [0.1, 0.15) is 11.4 Å². The zero-order valence-corrected chi connectivity index (χ0v) is 15.2. The molecule has 0 aliphatic heterocycles. The summed E-state index contributed by atoms with van der Waals surface area (Å²) in [4.78, 5) is 4.53. The van der Waals surface area contributed by atoms with Crippen LogP contribution in [0.5, 0.6) is 5.75 Å². The lowest BCUT2D eigenvalue weighted by molar-refractivity contribution is 0.414. The first-order valence-corrected chi connectivity index (χ1v) is 8.95. The highest BCUT2D eigenvalue weighted by molar-refractivity contribution is 6.30. The quantitative estimate of drug-likeness (QED) is 0.565. The molecule has 0 saturated heterocycles. The molecule has 2 aromatic carbocycles. The van der Waals surface area contributed by atoms with E-state index in [-0.39, 0.29) is 0 Å². The number of rotatable bonds is 3. The molecule has 7 heteroatoms. The van der Waals surface area contributed by atoms with Crippen molar-refractivity contribution >= 4 is 11.6 Å². The highest BCUT2D eigenvalue weighted by Crippen LogP contribution is 2.38. The van der Waals surface area contributed by atoms with E-state index in [1.54, 1.807) is 19.2 Å². The van der Waals surface area contributed by atoms with Crippen LogP contribution in [0.3, 0.4) is 0 Å². The number of H-pyrrole nitrogens is 1. The van der Waals surface area contributed by atoms with Crippen LogP contribution in [0.4, 0.5) is 0 Å². The summed E-state index contributed by atoms with van der Waals surface area (Å²) in [5.41, 5.74) is 5.99. The summed E-state index contributed by atoms with van der Waals surface area (Å²) in [7, 11) is 1.68. The van der Waals surface area contributed by atoms with E-state index in [0.29, 0.717) is 16.7 Å². The van der Waals surface area contributed by atoms with E-state index in [1.807, 2.05) is 24.3 Å². The fourth-order valence-electron chi connectivity index (χ4n) is 3.44. The Labute approximate surface area is 160 Å². The number of ether oxygens (including phenoxy) is 1. The smallest absolute Gasteiger partial charge is 0.276 e. The SMILES string of the molecule is COc1ccc2c(c1)CCc1c-2n[nH]c1-c1nc(-c2ccc(Cl)cc2)no1. The van der Waals surface area contributed by atoms with Crippen LogP contribution >= 0.6 is 11.6 Å². The highest BCUT2D eigenvalue weighted by atomic mass is 35.5. The largest absolute Gasteiger partial charge is 0.497 e. The van der Waals surface area contributed by atoms with Crippen molar-refractivity contribution in [2.24, 2.45) is 0 Å². The maximum Gasteiger partial charge on any atom is 0.276 e. The van der Waals surface area contributed by atoms with E-state index in [1.165, 1.54) is 5.56 Å². The summed E-state index contributed by atoms with van der Waals surface area (Å²) in [6.07, 6.45) is 1.75. The van der Waals surface area contributed by atoms with Crippen molar-refractivity contribution in [2.45, 2.75) is 12.8 Å². The number of fused-ring (bicyclic) bond motifs is 3. The summed E-state index contributed by atoms with van der Waals surface area (Å²) in [5, 5.41) is 12.4. The van der Waals surface area contributed by atoms with Crippen molar-refractivity contribution in [3.8, 4) is 40.0 Å². The van der Waals surface area contributed by atoms with Gasteiger partial charge in [-0.3, -0.25) is 5.10 Å². The summed E-state index contributed by atoms with van der Waals surface area (Å²) < 4.78 is 10.8. The van der Waals surface area contributed by atoms with Crippen LogP contribution in [0.25, 0.3) is 34.2 Å². The second-order valence-corrected chi connectivity index (χ2v) is 6.82. The molecule has 0 fully saturated rings. The van der Waals surface area contributed by atoms with E-state index in [9.17, 15) is 0 Å². The molecule has 0 spiro atoms. The molecule has 1 N–H and O–H groups in total. The standard InChI is InChI=1S/C20H15ClN4O2/c1-26-14-7-9-15-12(10-14)4-8-16-17(15)23-24-18(16)20-22-19(25-27-20)11-2-5-13(21)6-3-11/h2-3,5-7,9-10H,4,8H2,1H3,(H,23,24). The second kappa shape index (κ2) is 6.25. The molecule has 0 unspecified atom stereocenters. The van der Waals surface area contributed by atoms with Gasteiger partial charge in [-0.05, 0) is 60.9 Å². The molecule has 134 valence electrons.